The number of hydrogen-bond acceptors (Lipinski definition) is 6. The summed E-state index contributed by atoms with van der Waals surface area (Å²) in [6.45, 7) is 1.66. The highest BCUT2D eigenvalue weighted by Crippen LogP contribution is 2.42. The Morgan fingerprint density at radius 2 is 2.13 bits per heavy atom. The average molecular weight is 466 g/mol. The van der Waals surface area contributed by atoms with E-state index in [1.165, 1.54) is 29.7 Å². The number of aromatic nitrogens is 1. The van der Waals surface area contributed by atoms with E-state index in [4.69, 9.17) is 43.8 Å². The lowest BCUT2D eigenvalue weighted by Crippen LogP contribution is -2.08. The normalized spacial score (nSPS) is 12.3. The van der Waals surface area contributed by atoms with Gasteiger partial charge in [0, 0.05) is 22.3 Å². The van der Waals surface area contributed by atoms with Crippen molar-refractivity contribution in [1.82, 2.24) is 4.98 Å². The molecule has 1 amide bonds. The molecule has 0 unspecified atom stereocenters. The molecular formula is C20H14Cl2FN3O3S. The number of furan rings is 1. The molecule has 3 aromatic heterocycles. The molecule has 0 radical (unpaired) electrons. The highest BCUT2D eigenvalue weighted by molar-refractivity contribution is 7.12. The summed E-state index contributed by atoms with van der Waals surface area (Å²) in [5, 5.41) is 2.53. The predicted molar refractivity (Wildman–Crippen MR) is 116 cm³/mol. The smallest absolute Gasteiger partial charge is 0.258 e. The number of nitrogens with two attached hydrogens (primary N) is 2. The predicted octanol–water partition coefficient (Wildman–Crippen LogP) is 5.82. The van der Waals surface area contributed by atoms with Gasteiger partial charge in [0.15, 0.2) is 11.4 Å². The van der Waals surface area contributed by atoms with Gasteiger partial charge in [0.05, 0.1) is 21.5 Å². The maximum atomic E-state index is 13.9. The zero-order valence-electron chi connectivity index (χ0n) is 15.4. The lowest BCUT2D eigenvalue weighted by atomic mass is 10.1. The van der Waals surface area contributed by atoms with Gasteiger partial charge in [0.2, 0.25) is 5.75 Å². The van der Waals surface area contributed by atoms with Crippen molar-refractivity contribution in [3.8, 4) is 16.9 Å². The number of nitrogen functional groups attached to an aromatic ring is 1. The highest BCUT2D eigenvalue weighted by Gasteiger charge is 2.23. The van der Waals surface area contributed by atoms with E-state index in [1.54, 1.807) is 24.6 Å². The monoisotopic (exact) mass is 465 g/mol. The third-order valence-electron chi connectivity index (χ3n) is 4.53. The molecule has 0 saturated carbocycles. The number of amides is 1. The molecule has 0 bridgehead atoms. The van der Waals surface area contributed by atoms with Crippen LogP contribution in [0.3, 0.4) is 0 Å². The third kappa shape index (κ3) is 3.47. The second kappa shape index (κ2) is 7.79. The Morgan fingerprint density at radius 3 is 2.83 bits per heavy atom. The zero-order valence-corrected chi connectivity index (χ0v) is 17.7. The number of fused-ring (bicyclic) bond motifs is 1. The number of carbonyl (C=O) groups is 1. The number of rotatable bonds is 5. The minimum Gasteiger partial charge on any atom is -0.478 e. The fraction of sp³-hybridized carbons (Fsp3) is 0.100. The van der Waals surface area contributed by atoms with Crippen LogP contribution in [-0.2, 0) is 0 Å². The van der Waals surface area contributed by atoms with Gasteiger partial charge < -0.3 is 20.6 Å². The molecule has 0 spiro atoms. The summed E-state index contributed by atoms with van der Waals surface area (Å²) in [6, 6.07) is 4.25. The molecule has 10 heteroatoms. The summed E-state index contributed by atoms with van der Waals surface area (Å²) in [6.07, 6.45) is 2.31. The summed E-state index contributed by atoms with van der Waals surface area (Å²) >= 11 is 13.5. The first-order chi connectivity index (χ1) is 14.3. The van der Waals surface area contributed by atoms with Gasteiger partial charge in [-0.2, -0.15) is 0 Å². The molecule has 1 atom stereocenters. The molecule has 4 N–H and O–H groups in total. The van der Waals surface area contributed by atoms with Gasteiger partial charge in [0.25, 0.3) is 5.91 Å². The molecule has 30 heavy (non-hydrogen) atoms. The number of benzene rings is 1. The summed E-state index contributed by atoms with van der Waals surface area (Å²) in [5.41, 5.74) is 13.4. The first kappa shape index (κ1) is 20.5. The molecule has 1 aromatic carbocycles. The van der Waals surface area contributed by atoms with E-state index in [1.807, 2.05) is 0 Å². The summed E-state index contributed by atoms with van der Waals surface area (Å²) in [5.74, 6) is -0.864. The van der Waals surface area contributed by atoms with Crippen LogP contribution in [0.25, 0.3) is 22.1 Å². The molecule has 3 heterocycles. The molecule has 6 nitrogen and oxygen atoms in total. The Bertz CT molecular complexity index is 1290. The third-order valence-corrected chi connectivity index (χ3v) is 6.19. The fourth-order valence-electron chi connectivity index (χ4n) is 3.08. The minimum atomic E-state index is -0.744. The summed E-state index contributed by atoms with van der Waals surface area (Å²) in [7, 11) is 0. The SMILES string of the molecule is C[C@@H](Oc1c(N)ncc2c(-c3csc(C(N)=O)c3)coc12)c1c(Cl)ccc(F)c1Cl. The Balaban J connectivity index is 1.77. The Hall–Kier alpha value is -2.81. The molecule has 0 aliphatic heterocycles. The first-order valence-electron chi connectivity index (χ1n) is 8.62. The van der Waals surface area contributed by atoms with Gasteiger partial charge in [-0.3, -0.25) is 4.79 Å². The van der Waals surface area contributed by atoms with Gasteiger partial charge >= 0.3 is 0 Å². The van der Waals surface area contributed by atoms with Crippen molar-refractivity contribution in [3.05, 3.63) is 62.3 Å². The number of pyridine rings is 1. The minimum absolute atomic E-state index is 0.0852. The van der Waals surface area contributed by atoms with Crippen molar-refractivity contribution in [3.63, 3.8) is 0 Å². The molecule has 154 valence electrons. The van der Waals surface area contributed by atoms with E-state index in [-0.39, 0.29) is 27.2 Å². The van der Waals surface area contributed by atoms with E-state index in [9.17, 15) is 9.18 Å². The number of hydrogen-bond donors (Lipinski definition) is 2. The molecule has 0 aliphatic rings. The maximum Gasteiger partial charge on any atom is 0.258 e. The standard InChI is InChI=1S/C20H14Cl2FN3O3S/c1-8(15-12(21)2-3-13(23)16(15)22)29-18-17-10(5-26-19(18)24)11(6-28-17)9-4-14(20(25)27)30-7-9/h2-8H,1H3,(H2,24,26)(H2,25,27)/t8-/m1/s1. The average Bonchev–Trinajstić information content (AvgIpc) is 3.34. The lowest BCUT2D eigenvalue weighted by molar-refractivity contribution is 0.100. The summed E-state index contributed by atoms with van der Waals surface area (Å²) in [4.78, 5) is 16.0. The molecule has 0 saturated heterocycles. The maximum absolute atomic E-state index is 13.9. The van der Waals surface area contributed by atoms with Gasteiger partial charge in [0.1, 0.15) is 11.9 Å². The molecule has 4 rings (SSSR count). The van der Waals surface area contributed by atoms with E-state index in [2.05, 4.69) is 4.98 Å². The van der Waals surface area contributed by atoms with Gasteiger partial charge in [-0.15, -0.1) is 11.3 Å². The van der Waals surface area contributed by atoms with Crippen molar-refractivity contribution >= 4 is 57.2 Å². The number of halogens is 3. The van der Waals surface area contributed by atoms with Crippen molar-refractivity contribution in [1.29, 1.82) is 0 Å². The van der Waals surface area contributed by atoms with Crippen molar-refractivity contribution in [2.24, 2.45) is 5.73 Å². The van der Waals surface area contributed by atoms with Crippen LogP contribution in [0, 0.1) is 5.82 Å². The number of carbonyl (C=O) groups excluding carboxylic acids is 1. The molecule has 0 fully saturated rings. The van der Waals surface area contributed by atoms with E-state index >= 15 is 0 Å². The Kier molecular flexibility index (Phi) is 5.31. The zero-order chi connectivity index (χ0) is 21.6. The van der Waals surface area contributed by atoms with E-state index in [0.29, 0.717) is 21.4 Å². The number of anilines is 1. The largest absolute Gasteiger partial charge is 0.478 e. The van der Waals surface area contributed by atoms with E-state index < -0.39 is 17.8 Å². The van der Waals surface area contributed by atoms with Crippen LogP contribution < -0.4 is 16.2 Å². The van der Waals surface area contributed by atoms with Gasteiger partial charge in [-0.1, -0.05) is 23.2 Å². The Labute approximate surface area is 184 Å². The van der Waals surface area contributed by atoms with E-state index in [0.717, 1.165) is 5.56 Å². The van der Waals surface area contributed by atoms with Crippen LogP contribution in [0.5, 0.6) is 5.75 Å². The molecular weight excluding hydrogens is 452 g/mol. The van der Waals surface area contributed by atoms with Crippen LogP contribution in [0.15, 0.2) is 40.5 Å². The summed E-state index contributed by atoms with van der Waals surface area (Å²) < 4.78 is 25.6. The highest BCUT2D eigenvalue weighted by atomic mass is 35.5. The quantitative estimate of drug-likeness (QED) is 0.361. The second-order valence-corrected chi connectivity index (χ2v) is 8.14. The van der Waals surface area contributed by atoms with Crippen molar-refractivity contribution in [2.75, 3.05) is 5.73 Å². The lowest BCUT2D eigenvalue weighted by Gasteiger charge is -2.18. The van der Waals surface area contributed by atoms with Crippen LogP contribution >= 0.6 is 34.5 Å². The number of nitrogens with zero attached hydrogens (tertiary/aromatic N) is 1. The molecule has 4 aromatic rings. The number of thiophene rings is 1. The fourth-order valence-corrected chi connectivity index (χ4v) is 4.51. The van der Waals surface area contributed by atoms with Crippen LogP contribution in [0.2, 0.25) is 10.0 Å². The molecule has 0 aliphatic carbocycles. The first-order valence-corrected chi connectivity index (χ1v) is 10.3. The van der Waals surface area contributed by atoms with Crippen molar-refractivity contribution < 1.29 is 18.3 Å². The topological polar surface area (TPSA) is 104 Å². The van der Waals surface area contributed by atoms with Crippen molar-refractivity contribution in [2.45, 2.75) is 13.0 Å². The number of primary amides is 1. The van der Waals surface area contributed by atoms with Crippen LogP contribution in [0.1, 0.15) is 28.3 Å². The second-order valence-electron chi connectivity index (χ2n) is 6.45. The van der Waals surface area contributed by atoms with Crippen LogP contribution in [0.4, 0.5) is 10.2 Å². The number of ether oxygens (including phenoxy) is 1. The van der Waals surface area contributed by atoms with Crippen LogP contribution in [-0.4, -0.2) is 10.9 Å². The Morgan fingerprint density at radius 1 is 1.37 bits per heavy atom. The van der Waals surface area contributed by atoms with Gasteiger partial charge in [-0.25, -0.2) is 9.37 Å². The van der Waals surface area contributed by atoms with Gasteiger partial charge in [-0.05, 0) is 36.1 Å².